The molecule has 21 heavy (non-hydrogen) atoms. The topological polar surface area (TPSA) is 55.4 Å². The molecule has 0 radical (unpaired) electrons. The molecule has 1 amide bonds. The molecule has 0 aliphatic carbocycles. The summed E-state index contributed by atoms with van der Waals surface area (Å²) in [7, 11) is 0. The SMILES string of the molecule is CC(C)CCC(=O)Nc1ccc(COC(=O)C(C)C)cc1. The van der Waals surface area contributed by atoms with Crippen LogP contribution in [0.2, 0.25) is 0 Å². The number of ether oxygens (including phenoxy) is 1. The van der Waals surface area contributed by atoms with E-state index in [9.17, 15) is 9.59 Å². The second-order valence-electron chi connectivity index (χ2n) is 5.94. The molecule has 0 saturated heterocycles. The van der Waals surface area contributed by atoms with Gasteiger partial charge in [-0.3, -0.25) is 9.59 Å². The molecule has 0 aliphatic rings. The van der Waals surface area contributed by atoms with Gasteiger partial charge in [-0.25, -0.2) is 0 Å². The summed E-state index contributed by atoms with van der Waals surface area (Å²) in [5, 5.41) is 2.86. The van der Waals surface area contributed by atoms with Crippen LogP contribution in [0.25, 0.3) is 0 Å². The molecule has 0 unspecified atom stereocenters. The maximum absolute atomic E-state index is 11.7. The molecule has 0 aromatic heterocycles. The quantitative estimate of drug-likeness (QED) is 0.778. The van der Waals surface area contributed by atoms with Crippen LogP contribution in [-0.2, 0) is 20.9 Å². The lowest BCUT2D eigenvalue weighted by Gasteiger charge is -2.09. The van der Waals surface area contributed by atoms with Crippen molar-refractivity contribution in [1.29, 1.82) is 0 Å². The lowest BCUT2D eigenvalue weighted by atomic mass is 10.1. The summed E-state index contributed by atoms with van der Waals surface area (Å²) < 4.78 is 5.15. The largest absolute Gasteiger partial charge is 0.461 e. The third-order valence-electron chi connectivity index (χ3n) is 3.04. The Kier molecular flexibility index (Phi) is 6.92. The highest BCUT2D eigenvalue weighted by Crippen LogP contribution is 2.12. The number of esters is 1. The molecular formula is C17H25NO3. The summed E-state index contributed by atoms with van der Waals surface area (Å²) in [6.45, 7) is 8.07. The third-order valence-corrected chi connectivity index (χ3v) is 3.04. The van der Waals surface area contributed by atoms with Crippen LogP contribution in [0, 0.1) is 11.8 Å². The molecule has 1 rings (SSSR count). The molecule has 0 saturated carbocycles. The second-order valence-corrected chi connectivity index (χ2v) is 5.94. The van der Waals surface area contributed by atoms with Crippen LogP contribution in [0.1, 0.15) is 46.1 Å². The number of amides is 1. The van der Waals surface area contributed by atoms with E-state index in [1.807, 2.05) is 24.3 Å². The fourth-order valence-electron chi connectivity index (χ4n) is 1.65. The average molecular weight is 291 g/mol. The van der Waals surface area contributed by atoms with Crippen molar-refractivity contribution in [2.24, 2.45) is 11.8 Å². The number of hydrogen-bond acceptors (Lipinski definition) is 3. The molecule has 0 fully saturated rings. The predicted molar refractivity (Wildman–Crippen MR) is 83.8 cm³/mol. The zero-order chi connectivity index (χ0) is 15.8. The van der Waals surface area contributed by atoms with Crippen molar-refractivity contribution in [2.45, 2.75) is 47.1 Å². The van der Waals surface area contributed by atoms with Gasteiger partial charge >= 0.3 is 5.97 Å². The van der Waals surface area contributed by atoms with Gasteiger partial charge in [0.1, 0.15) is 6.61 Å². The Morgan fingerprint density at radius 1 is 1.10 bits per heavy atom. The van der Waals surface area contributed by atoms with Gasteiger partial charge in [0.15, 0.2) is 0 Å². The Morgan fingerprint density at radius 2 is 1.71 bits per heavy atom. The van der Waals surface area contributed by atoms with Crippen LogP contribution in [-0.4, -0.2) is 11.9 Å². The van der Waals surface area contributed by atoms with E-state index in [2.05, 4.69) is 19.2 Å². The summed E-state index contributed by atoms with van der Waals surface area (Å²) in [4.78, 5) is 23.1. The Balaban J connectivity index is 2.43. The normalized spacial score (nSPS) is 10.8. The van der Waals surface area contributed by atoms with E-state index in [1.165, 1.54) is 0 Å². The maximum atomic E-state index is 11.7. The van der Waals surface area contributed by atoms with Crippen LogP contribution in [0.4, 0.5) is 5.69 Å². The van der Waals surface area contributed by atoms with Gasteiger partial charge in [0.05, 0.1) is 5.92 Å². The van der Waals surface area contributed by atoms with E-state index in [4.69, 9.17) is 4.74 Å². The Morgan fingerprint density at radius 3 is 2.24 bits per heavy atom. The second kappa shape index (κ2) is 8.45. The van der Waals surface area contributed by atoms with Crippen molar-refractivity contribution in [3.63, 3.8) is 0 Å². The molecule has 116 valence electrons. The Labute approximate surface area is 126 Å². The van der Waals surface area contributed by atoms with Crippen LogP contribution in [0.5, 0.6) is 0 Å². The van der Waals surface area contributed by atoms with E-state index in [0.29, 0.717) is 12.3 Å². The number of benzene rings is 1. The molecular weight excluding hydrogens is 266 g/mol. The lowest BCUT2D eigenvalue weighted by molar-refractivity contribution is -0.148. The van der Waals surface area contributed by atoms with Crippen LogP contribution >= 0.6 is 0 Å². The van der Waals surface area contributed by atoms with Crippen LogP contribution < -0.4 is 5.32 Å². The monoisotopic (exact) mass is 291 g/mol. The first-order valence-electron chi connectivity index (χ1n) is 7.44. The van der Waals surface area contributed by atoms with Crippen molar-refractivity contribution in [3.05, 3.63) is 29.8 Å². The molecule has 0 heterocycles. The van der Waals surface area contributed by atoms with Crippen molar-refractivity contribution in [3.8, 4) is 0 Å². The zero-order valence-electron chi connectivity index (χ0n) is 13.3. The van der Waals surface area contributed by atoms with Gasteiger partial charge in [0, 0.05) is 12.1 Å². The first kappa shape index (κ1) is 17.2. The summed E-state index contributed by atoms with van der Waals surface area (Å²) in [6, 6.07) is 7.36. The predicted octanol–water partition coefficient (Wildman–Crippen LogP) is 3.76. The van der Waals surface area contributed by atoms with E-state index >= 15 is 0 Å². The third kappa shape index (κ3) is 6.93. The first-order chi connectivity index (χ1) is 9.88. The van der Waals surface area contributed by atoms with Crippen LogP contribution in [0.15, 0.2) is 24.3 Å². The number of carbonyl (C=O) groups excluding carboxylic acids is 2. The summed E-state index contributed by atoms with van der Waals surface area (Å²) in [5.74, 6) is 0.224. The van der Waals surface area contributed by atoms with Crippen molar-refractivity contribution >= 4 is 17.6 Å². The van der Waals surface area contributed by atoms with Gasteiger partial charge in [-0.15, -0.1) is 0 Å². The molecule has 1 N–H and O–H groups in total. The van der Waals surface area contributed by atoms with Gasteiger partial charge in [0.25, 0.3) is 0 Å². The van der Waals surface area contributed by atoms with E-state index in [-0.39, 0.29) is 24.4 Å². The standard InChI is InChI=1S/C17H25NO3/c1-12(2)5-10-16(19)18-15-8-6-14(7-9-15)11-21-17(20)13(3)4/h6-9,12-13H,5,10-11H2,1-4H3,(H,18,19). The van der Waals surface area contributed by atoms with Crippen molar-refractivity contribution < 1.29 is 14.3 Å². The fourth-order valence-corrected chi connectivity index (χ4v) is 1.65. The highest BCUT2D eigenvalue weighted by atomic mass is 16.5. The van der Waals surface area contributed by atoms with Gasteiger partial charge in [-0.05, 0) is 30.0 Å². The smallest absolute Gasteiger partial charge is 0.308 e. The first-order valence-corrected chi connectivity index (χ1v) is 7.44. The minimum atomic E-state index is -0.207. The minimum absolute atomic E-state index is 0.0303. The van der Waals surface area contributed by atoms with Gasteiger partial charge in [-0.2, -0.15) is 0 Å². The molecule has 4 nitrogen and oxygen atoms in total. The van der Waals surface area contributed by atoms with Gasteiger partial charge in [-0.1, -0.05) is 39.8 Å². The number of rotatable bonds is 7. The van der Waals surface area contributed by atoms with Crippen LogP contribution in [0.3, 0.4) is 0 Å². The molecule has 4 heteroatoms. The number of carbonyl (C=O) groups is 2. The molecule has 1 aromatic rings. The molecule has 0 bridgehead atoms. The molecule has 0 atom stereocenters. The number of hydrogen-bond donors (Lipinski definition) is 1. The molecule has 0 spiro atoms. The average Bonchev–Trinajstić information content (AvgIpc) is 2.44. The highest BCUT2D eigenvalue weighted by Gasteiger charge is 2.08. The van der Waals surface area contributed by atoms with Crippen molar-refractivity contribution in [1.82, 2.24) is 0 Å². The minimum Gasteiger partial charge on any atom is -0.461 e. The Bertz CT molecular complexity index is 463. The van der Waals surface area contributed by atoms with Gasteiger partial charge in [0.2, 0.25) is 5.91 Å². The summed E-state index contributed by atoms with van der Waals surface area (Å²) in [6.07, 6.45) is 1.42. The molecule has 1 aromatic carbocycles. The van der Waals surface area contributed by atoms with E-state index in [0.717, 1.165) is 17.7 Å². The highest BCUT2D eigenvalue weighted by molar-refractivity contribution is 5.90. The Hall–Kier alpha value is -1.84. The fraction of sp³-hybridized carbons (Fsp3) is 0.529. The number of nitrogens with one attached hydrogen (secondary N) is 1. The summed E-state index contributed by atoms with van der Waals surface area (Å²) in [5.41, 5.74) is 1.67. The molecule has 0 aliphatic heterocycles. The van der Waals surface area contributed by atoms with E-state index < -0.39 is 0 Å². The van der Waals surface area contributed by atoms with Gasteiger partial charge < -0.3 is 10.1 Å². The maximum Gasteiger partial charge on any atom is 0.308 e. The summed E-state index contributed by atoms with van der Waals surface area (Å²) >= 11 is 0. The zero-order valence-corrected chi connectivity index (χ0v) is 13.3. The van der Waals surface area contributed by atoms with E-state index in [1.54, 1.807) is 13.8 Å². The number of anilines is 1. The lowest BCUT2D eigenvalue weighted by Crippen LogP contribution is -2.12. The van der Waals surface area contributed by atoms with Crippen molar-refractivity contribution in [2.75, 3.05) is 5.32 Å².